The number of imide groups is 1. The van der Waals surface area contributed by atoms with Gasteiger partial charge in [-0.25, -0.2) is 9.78 Å². The Hall–Kier alpha value is -2.34. The third-order valence-corrected chi connectivity index (χ3v) is 4.92. The predicted octanol–water partition coefficient (Wildman–Crippen LogP) is 3.36. The van der Waals surface area contributed by atoms with Crippen molar-refractivity contribution in [1.82, 2.24) is 15.2 Å². The molecule has 0 bridgehead atoms. The highest BCUT2D eigenvalue weighted by molar-refractivity contribution is 6.30. The van der Waals surface area contributed by atoms with Crippen LogP contribution >= 0.6 is 11.6 Å². The Morgan fingerprint density at radius 1 is 1.21 bits per heavy atom. The molecule has 0 atom stereocenters. The van der Waals surface area contributed by atoms with E-state index in [9.17, 15) is 9.59 Å². The highest BCUT2D eigenvalue weighted by Crippen LogP contribution is 2.35. The minimum atomic E-state index is -0.695. The summed E-state index contributed by atoms with van der Waals surface area (Å²) in [5, 5.41) is 3.49. The molecule has 1 saturated carbocycles. The van der Waals surface area contributed by atoms with E-state index in [2.05, 4.69) is 10.3 Å². The van der Waals surface area contributed by atoms with Crippen molar-refractivity contribution in [2.24, 2.45) is 0 Å². The maximum Gasteiger partial charge on any atom is 0.325 e. The molecule has 0 radical (unpaired) electrons. The minimum absolute atomic E-state index is 0.115. The van der Waals surface area contributed by atoms with E-state index in [1.54, 1.807) is 24.3 Å². The Bertz CT molecular complexity index is 794. The summed E-state index contributed by atoms with van der Waals surface area (Å²) < 4.78 is 5.46. The first kappa shape index (κ1) is 15.2. The van der Waals surface area contributed by atoms with Crippen LogP contribution in [0.2, 0.25) is 5.02 Å². The topological polar surface area (TPSA) is 75.4 Å². The number of halogens is 1. The van der Waals surface area contributed by atoms with Gasteiger partial charge in [0.25, 0.3) is 5.91 Å². The van der Waals surface area contributed by atoms with Gasteiger partial charge in [-0.2, -0.15) is 0 Å². The average molecular weight is 346 g/mol. The molecule has 1 aliphatic heterocycles. The van der Waals surface area contributed by atoms with E-state index in [1.807, 2.05) is 0 Å². The highest BCUT2D eigenvalue weighted by Gasteiger charge is 2.52. The van der Waals surface area contributed by atoms with E-state index >= 15 is 0 Å². The molecule has 2 aliphatic rings. The Balaban J connectivity index is 1.53. The second-order valence-electron chi connectivity index (χ2n) is 6.26. The van der Waals surface area contributed by atoms with Crippen LogP contribution in [-0.2, 0) is 11.3 Å². The summed E-state index contributed by atoms with van der Waals surface area (Å²) in [5.41, 5.74) is 0.633. The van der Waals surface area contributed by atoms with Gasteiger partial charge in [0.2, 0.25) is 5.89 Å². The summed E-state index contributed by atoms with van der Waals surface area (Å²) in [6.07, 6.45) is 4.82. The Morgan fingerprint density at radius 3 is 2.62 bits per heavy atom. The minimum Gasteiger partial charge on any atom is -0.444 e. The number of urea groups is 1. The maximum atomic E-state index is 12.6. The number of hydrogen-bond acceptors (Lipinski definition) is 4. The number of benzene rings is 1. The zero-order chi connectivity index (χ0) is 16.7. The Morgan fingerprint density at radius 2 is 1.92 bits per heavy atom. The molecular formula is C17H16ClN3O3. The van der Waals surface area contributed by atoms with Gasteiger partial charge in [0.1, 0.15) is 11.8 Å². The Kier molecular flexibility index (Phi) is 3.57. The molecule has 1 aromatic carbocycles. The lowest BCUT2D eigenvalue weighted by molar-refractivity contribution is -0.131. The van der Waals surface area contributed by atoms with Crippen molar-refractivity contribution in [2.45, 2.75) is 37.8 Å². The molecule has 1 N–H and O–H groups in total. The maximum absolute atomic E-state index is 12.6. The monoisotopic (exact) mass is 345 g/mol. The van der Waals surface area contributed by atoms with Crippen molar-refractivity contribution in [3.8, 4) is 11.5 Å². The molecule has 1 spiro atoms. The molecule has 2 aromatic rings. The number of nitrogens with one attached hydrogen (secondary N) is 1. The summed E-state index contributed by atoms with van der Waals surface area (Å²) in [6, 6.07) is 6.76. The smallest absolute Gasteiger partial charge is 0.325 e. The summed E-state index contributed by atoms with van der Waals surface area (Å²) in [4.78, 5) is 30.4. The number of hydrogen-bond donors (Lipinski definition) is 1. The molecule has 6 nitrogen and oxygen atoms in total. The molecule has 24 heavy (non-hydrogen) atoms. The number of nitrogens with zero attached hydrogens (tertiary/aromatic N) is 2. The predicted molar refractivity (Wildman–Crippen MR) is 87.2 cm³/mol. The molecule has 2 fully saturated rings. The fourth-order valence-electron chi connectivity index (χ4n) is 3.40. The molecule has 3 amide bonds. The molecule has 1 aliphatic carbocycles. The van der Waals surface area contributed by atoms with Crippen LogP contribution in [0.25, 0.3) is 11.5 Å². The lowest BCUT2D eigenvalue weighted by Gasteiger charge is -2.19. The number of oxazole rings is 1. The molecule has 1 aromatic heterocycles. The van der Waals surface area contributed by atoms with Crippen molar-refractivity contribution < 1.29 is 14.0 Å². The molecule has 4 rings (SSSR count). The second-order valence-corrected chi connectivity index (χ2v) is 6.70. The first-order valence-electron chi connectivity index (χ1n) is 7.92. The summed E-state index contributed by atoms with van der Waals surface area (Å²) in [7, 11) is 0. The second kappa shape index (κ2) is 5.63. The molecule has 0 unspecified atom stereocenters. The van der Waals surface area contributed by atoms with Crippen molar-refractivity contribution in [3.63, 3.8) is 0 Å². The quantitative estimate of drug-likeness (QED) is 0.865. The van der Waals surface area contributed by atoms with Crippen LogP contribution in [-0.4, -0.2) is 27.4 Å². The van der Waals surface area contributed by atoms with Gasteiger partial charge < -0.3 is 9.73 Å². The number of carbonyl (C=O) groups is 2. The van der Waals surface area contributed by atoms with E-state index in [4.69, 9.17) is 16.0 Å². The lowest BCUT2D eigenvalue weighted by atomic mass is 9.98. The fourth-order valence-corrected chi connectivity index (χ4v) is 3.53. The van der Waals surface area contributed by atoms with Crippen LogP contribution in [0.5, 0.6) is 0 Å². The van der Waals surface area contributed by atoms with Gasteiger partial charge in [-0.3, -0.25) is 9.69 Å². The van der Waals surface area contributed by atoms with E-state index in [-0.39, 0.29) is 18.5 Å². The van der Waals surface area contributed by atoms with E-state index in [0.29, 0.717) is 29.4 Å². The SMILES string of the molecule is O=C1NC2(CCCC2)C(=O)N1Cc1coc(-c2ccc(Cl)cc2)n1. The van der Waals surface area contributed by atoms with Gasteiger partial charge >= 0.3 is 6.03 Å². The van der Waals surface area contributed by atoms with Gasteiger partial charge in [0.05, 0.1) is 12.2 Å². The van der Waals surface area contributed by atoms with Crippen LogP contribution in [0.1, 0.15) is 31.4 Å². The number of rotatable bonds is 3. The first-order valence-corrected chi connectivity index (χ1v) is 8.30. The number of amides is 3. The molecule has 1 saturated heterocycles. The van der Waals surface area contributed by atoms with Gasteiger partial charge in [-0.1, -0.05) is 24.4 Å². The average Bonchev–Trinajstić information content (AvgIpc) is 3.27. The normalized spacial score (nSPS) is 19.3. The van der Waals surface area contributed by atoms with Crippen molar-refractivity contribution >= 4 is 23.5 Å². The molecule has 7 heteroatoms. The Labute approximate surface area is 143 Å². The lowest BCUT2D eigenvalue weighted by Crippen LogP contribution is -2.44. The van der Waals surface area contributed by atoms with Crippen molar-refractivity contribution in [2.75, 3.05) is 0 Å². The third kappa shape index (κ3) is 2.47. The molecular weight excluding hydrogens is 330 g/mol. The first-order chi connectivity index (χ1) is 11.6. The fraction of sp³-hybridized carbons (Fsp3) is 0.353. The van der Waals surface area contributed by atoms with Gasteiger partial charge in [0, 0.05) is 10.6 Å². The van der Waals surface area contributed by atoms with Crippen LogP contribution in [0, 0.1) is 0 Å². The zero-order valence-corrected chi connectivity index (χ0v) is 13.7. The van der Waals surface area contributed by atoms with E-state index < -0.39 is 5.54 Å². The summed E-state index contributed by atoms with van der Waals surface area (Å²) >= 11 is 5.87. The number of carbonyl (C=O) groups excluding carboxylic acids is 2. The largest absolute Gasteiger partial charge is 0.444 e. The van der Waals surface area contributed by atoms with Crippen molar-refractivity contribution in [3.05, 3.63) is 41.2 Å². The molecule has 2 heterocycles. The van der Waals surface area contributed by atoms with Crippen LogP contribution in [0.15, 0.2) is 34.9 Å². The van der Waals surface area contributed by atoms with E-state index in [1.165, 1.54) is 11.2 Å². The molecule has 124 valence electrons. The van der Waals surface area contributed by atoms with E-state index in [0.717, 1.165) is 18.4 Å². The standard InChI is InChI=1S/C17H16ClN3O3/c18-12-5-3-11(4-6-12)14-19-13(10-24-14)9-21-15(22)17(20-16(21)23)7-1-2-8-17/h3-6,10H,1-2,7-9H2,(H,20,23). The van der Waals surface area contributed by atoms with Crippen molar-refractivity contribution in [1.29, 1.82) is 0 Å². The number of aromatic nitrogens is 1. The summed E-state index contributed by atoms with van der Waals surface area (Å²) in [5.74, 6) is 0.283. The van der Waals surface area contributed by atoms with Crippen LogP contribution in [0.3, 0.4) is 0 Å². The summed E-state index contributed by atoms with van der Waals surface area (Å²) in [6.45, 7) is 0.115. The van der Waals surface area contributed by atoms with Gasteiger partial charge in [0.15, 0.2) is 0 Å². The van der Waals surface area contributed by atoms with Crippen LogP contribution < -0.4 is 5.32 Å². The van der Waals surface area contributed by atoms with Gasteiger partial charge in [-0.05, 0) is 37.1 Å². The highest BCUT2D eigenvalue weighted by atomic mass is 35.5. The zero-order valence-electron chi connectivity index (χ0n) is 12.9. The third-order valence-electron chi connectivity index (χ3n) is 4.67. The van der Waals surface area contributed by atoms with Crippen LogP contribution in [0.4, 0.5) is 4.79 Å². The van der Waals surface area contributed by atoms with Gasteiger partial charge in [-0.15, -0.1) is 0 Å².